The van der Waals surface area contributed by atoms with E-state index in [0.717, 1.165) is 21.8 Å². The van der Waals surface area contributed by atoms with E-state index in [1.54, 1.807) is 30.3 Å². The highest BCUT2D eigenvalue weighted by Crippen LogP contribution is 2.54. The van der Waals surface area contributed by atoms with Gasteiger partial charge in [0, 0.05) is 21.0 Å². The molecule has 0 radical (unpaired) electrons. The van der Waals surface area contributed by atoms with Gasteiger partial charge in [-0.15, -0.1) is 0 Å². The number of benzene rings is 2. The van der Waals surface area contributed by atoms with Crippen molar-refractivity contribution in [2.45, 2.75) is 43.0 Å². The Labute approximate surface area is 215 Å². The number of thioether (sulfide) groups is 1. The van der Waals surface area contributed by atoms with Crippen molar-refractivity contribution in [2.24, 2.45) is 5.92 Å². The normalized spacial score (nSPS) is 20.5. The highest BCUT2D eigenvalue weighted by Gasteiger charge is 2.59. The fraction of sp³-hybridized carbons (Fsp3) is 0.280. The van der Waals surface area contributed by atoms with Crippen molar-refractivity contribution in [3.8, 4) is 0 Å². The van der Waals surface area contributed by atoms with E-state index in [0.29, 0.717) is 21.4 Å². The van der Waals surface area contributed by atoms with Gasteiger partial charge in [-0.05, 0) is 42.8 Å². The fourth-order valence-corrected chi connectivity index (χ4v) is 7.82. The first-order chi connectivity index (χ1) is 16.6. The number of fused-ring (bicyclic) bond motifs is 2. The third-order valence-electron chi connectivity index (χ3n) is 6.51. The van der Waals surface area contributed by atoms with Crippen molar-refractivity contribution >= 4 is 63.8 Å². The van der Waals surface area contributed by atoms with Crippen LogP contribution in [0.3, 0.4) is 0 Å². The van der Waals surface area contributed by atoms with Gasteiger partial charge in [-0.1, -0.05) is 66.7 Å². The van der Waals surface area contributed by atoms with Crippen molar-refractivity contribution in [1.82, 2.24) is 4.57 Å². The first-order valence-corrected chi connectivity index (χ1v) is 13.1. The molecule has 0 unspecified atom stereocenters. The smallest absolute Gasteiger partial charge is 0.308 e. The number of carbonyl (C=O) groups is 3. The molecule has 35 heavy (non-hydrogen) atoms. The summed E-state index contributed by atoms with van der Waals surface area (Å²) in [6.07, 6.45) is 0. The second-order valence-corrected chi connectivity index (χ2v) is 11.7. The largest absolute Gasteiger partial charge is 0.324 e. The van der Waals surface area contributed by atoms with Crippen molar-refractivity contribution in [2.75, 3.05) is 10.2 Å². The molecular weight excluding hydrogens is 506 g/mol. The number of amides is 3. The van der Waals surface area contributed by atoms with Crippen LogP contribution in [0.2, 0.25) is 5.02 Å². The average molecular weight is 528 g/mol. The predicted molar refractivity (Wildman–Crippen MR) is 138 cm³/mol. The highest BCUT2D eigenvalue weighted by atomic mass is 35.5. The highest BCUT2D eigenvalue weighted by molar-refractivity contribution is 8.00. The lowest BCUT2D eigenvalue weighted by Crippen LogP contribution is -2.41. The number of anilines is 2. The summed E-state index contributed by atoms with van der Waals surface area (Å²) < 4.78 is 1.42. The molecule has 2 aromatic carbocycles. The number of hydrogen-bond donors (Lipinski definition) is 1. The molecule has 3 aromatic rings. The molecule has 3 heterocycles. The number of carbonyl (C=O) groups excluding carboxylic acids is 3. The summed E-state index contributed by atoms with van der Waals surface area (Å²) in [6.45, 7) is 5.48. The van der Waals surface area contributed by atoms with Gasteiger partial charge in [-0.25, -0.2) is 4.90 Å². The number of aryl methyl sites for hydroxylation is 1. The number of rotatable bonds is 4. The summed E-state index contributed by atoms with van der Waals surface area (Å²) in [5.74, 6) is -1.59. The van der Waals surface area contributed by atoms with E-state index >= 15 is 0 Å². The number of nitrogens with zero attached hydrogens (tertiary/aromatic N) is 2. The zero-order valence-corrected chi connectivity index (χ0v) is 21.6. The van der Waals surface area contributed by atoms with Gasteiger partial charge >= 0.3 is 4.87 Å². The lowest BCUT2D eigenvalue weighted by molar-refractivity contribution is -0.123. The maximum Gasteiger partial charge on any atom is 0.308 e. The van der Waals surface area contributed by atoms with Gasteiger partial charge in [0.25, 0.3) is 0 Å². The molecule has 0 saturated carbocycles. The fourth-order valence-electron chi connectivity index (χ4n) is 4.66. The minimum atomic E-state index is -0.763. The number of halogens is 1. The molecule has 0 spiro atoms. The lowest BCUT2D eigenvalue weighted by atomic mass is 9.76. The van der Waals surface area contributed by atoms with Crippen LogP contribution in [0.1, 0.15) is 24.3 Å². The molecule has 180 valence electrons. The van der Waals surface area contributed by atoms with E-state index in [1.165, 1.54) is 21.2 Å². The topological polar surface area (TPSA) is 88.5 Å². The van der Waals surface area contributed by atoms with Gasteiger partial charge in [0.2, 0.25) is 17.7 Å². The maximum atomic E-state index is 13.5. The van der Waals surface area contributed by atoms with E-state index in [4.69, 9.17) is 11.6 Å². The molecule has 1 fully saturated rings. The van der Waals surface area contributed by atoms with E-state index in [-0.39, 0.29) is 29.1 Å². The first-order valence-electron chi connectivity index (χ1n) is 11.0. The Hall–Kier alpha value is -2.88. The molecule has 5 rings (SSSR count). The zero-order chi connectivity index (χ0) is 25.1. The minimum absolute atomic E-state index is 0.178. The number of para-hydroxylation sites is 1. The Kier molecular flexibility index (Phi) is 5.89. The Morgan fingerprint density at radius 1 is 1.06 bits per heavy atom. The summed E-state index contributed by atoms with van der Waals surface area (Å²) in [6, 6.07) is 14.0. The van der Waals surface area contributed by atoms with Crippen LogP contribution in [0, 0.1) is 12.8 Å². The molecule has 7 nitrogen and oxygen atoms in total. The summed E-state index contributed by atoms with van der Waals surface area (Å²) in [4.78, 5) is 54.3. The monoisotopic (exact) mass is 527 g/mol. The van der Waals surface area contributed by atoms with Gasteiger partial charge in [0.15, 0.2) is 0 Å². The van der Waals surface area contributed by atoms with Gasteiger partial charge in [0.1, 0.15) is 11.8 Å². The molecular formula is C25H22ClN3O4S2. The second kappa shape index (κ2) is 8.65. The van der Waals surface area contributed by atoms with Crippen LogP contribution < -0.4 is 15.1 Å². The Balaban J connectivity index is 1.48. The second-order valence-electron chi connectivity index (χ2n) is 9.18. The van der Waals surface area contributed by atoms with Gasteiger partial charge in [-0.3, -0.25) is 23.7 Å². The standard InChI is InChI=1S/C25H22ClN3O4S2/c1-13-6-4-5-7-16(13)27-17(30)12-28-23-20(35-24(28)33)25(2,3)18-19(34-23)22(32)29(21(18)31)15-10-8-14(26)9-11-15/h4-11,18-19H,12H2,1-3H3,(H,27,30)/t18-,19+/m1/s1. The average Bonchev–Trinajstić information content (AvgIpc) is 3.25. The predicted octanol–water partition coefficient (Wildman–Crippen LogP) is 4.45. The van der Waals surface area contributed by atoms with E-state index in [9.17, 15) is 19.2 Å². The summed E-state index contributed by atoms with van der Waals surface area (Å²) >= 11 is 8.21. The van der Waals surface area contributed by atoms with E-state index in [1.807, 2.05) is 39.0 Å². The number of aromatic nitrogens is 1. The molecule has 1 aromatic heterocycles. The molecule has 2 aliphatic rings. The van der Waals surface area contributed by atoms with Gasteiger partial charge in [-0.2, -0.15) is 0 Å². The molecule has 10 heteroatoms. The number of thiazole rings is 1. The molecule has 2 aliphatic heterocycles. The van der Waals surface area contributed by atoms with Crippen LogP contribution in [-0.2, 0) is 26.3 Å². The van der Waals surface area contributed by atoms with Crippen LogP contribution >= 0.6 is 34.7 Å². The van der Waals surface area contributed by atoms with Crippen LogP contribution in [-0.4, -0.2) is 27.5 Å². The molecule has 0 bridgehead atoms. The SMILES string of the molecule is Cc1ccccc1NC(=O)Cn1c2c(sc1=O)C(C)(C)[C@H]1C(=O)N(c3ccc(Cl)cc3)C(=O)[C@H]1S2. The van der Waals surface area contributed by atoms with Crippen molar-refractivity contribution in [3.05, 3.63) is 73.7 Å². The Morgan fingerprint density at radius 2 is 1.74 bits per heavy atom. The van der Waals surface area contributed by atoms with Crippen LogP contribution in [0.5, 0.6) is 0 Å². The van der Waals surface area contributed by atoms with Gasteiger partial charge in [0.05, 0.1) is 16.6 Å². The first kappa shape index (κ1) is 23.8. The molecule has 0 aliphatic carbocycles. The van der Waals surface area contributed by atoms with E-state index in [2.05, 4.69) is 5.32 Å². The van der Waals surface area contributed by atoms with Crippen molar-refractivity contribution in [3.63, 3.8) is 0 Å². The number of hydrogen-bond acceptors (Lipinski definition) is 6. The van der Waals surface area contributed by atoms with Crippen LogP contribution in [0.25, 0.3) is 0 Å². The molecule has 3 amide bonds. The Morgan fingerprint density at radius 3 is 2.43 bits per heavy atom. The molecule has 2 atom stereocenters. The van der Waals surface area contributed by atoms with Gasteiger partial charge < -0.3 is 5.32 Å². The summed E-state index contributed by atoms with van der Waals surface area (Å²) in [7, 11) is 0. The van der Waals surface area contributed by atoms with Crippen molar-refractivity contribution in [1.29, 1.82) is 0 Å². The summed E-state index contributed by atoms with van der Waals surface area (Å²) in [5.41, 5.74) is 1.29. The zero-order valence-electron chi connectivity index (χ0n) is 19.2. The van der Waals surface area contributed by atoms with Crippen molar-refractivity contribution < 1.29 is 14.4 Å². The quantitative estimate of drug-likeness (QED) is 0.506. The maximum absolute atomic E-state index is 13.5. The lowest BCUT2D eigenvalue weighted by Gasteiger charge is -2.36. The number of nitrogens with one attached hydrogen (secondary N) is 1. The Bertz CT molecular complexity index is 1430. The van der Waals surface area contributed by atoms with Crippen LogP contribution in [0.15, 0.2) is 58.4 Å². The van der Waals surface area contributed by atoms with E-state index < -0.39 is 16.6 Å². The third-order valence-corrected chi connectivity index (χ3v) is 9.58. The molecule has 1 N–H and O–H groups in total. The minimum Gasteiger partial charge on any atom is -0.324 e. The summed E-state index contributed by atoms with van der Waals surface area (Å²) in [5, 5.41) is 3.24. The number of imide groups is 1. The van der Waals surface area contributed by atoms with Crippen LogP contribution in [0.4, 0.5) is 11.4 Å². The molecule has 1 saturated heterocycles. The third kappa shape index (κ3) is 3.91.